The van der Waals surface area contributed by atoms with Crippen molar-refractivity contribution in [1.82, 2.24) is 0 Å². The van der Waals surface area contributed by atoms with Crippen LogP contribution in [0.4, 0.5) is 0 Å². The molecule has 0 aromatic heterocycles. The SMILES string of the molecule is COc1ccc(CC2c3cc(OC)c(OC)cc3CC[N+]2(C)CCC(=O)OCCCCCOC(=O)CC[N+]2(C)CCc3cc(OC)c(OC)cc3C2Cc2ccc(OC)c(OC)c2)cc1OC.[Cl-].[Cl-]. The topological polar surface area (TPSA) is 126 Å². The molecule has 0 N–H and O–H groups in total. The number of hydrogen-bond donors (Lipinski definition) is 0. The van der Waals surface area contributed by atoms with Gasteiger partial charge in [-0.15, -0.1) is 0 Å². The van der Waals surface area contributed by atoms with E-state index in [-0.39, 0.29) is 48.8 Å². The van der Waals surface area contributed by atoms with Crippen molar-refractivity contribution in [2.75, 3.05) is 110 Å². The molecule has 0 amide bonds. The first-order chi connectivity index (χ1) is 32.4. The summed E-state index contributed by atoms with van der Waals surface area (Å²) in [5.74, 6) is 5.06. The molecule has 2 aliphatic rings. The van der Waals surface area contributed by atoms with E-state index in [1.54, 1.807) is 56.9 Å². The van der Waals surface area contributed by atoms with Crippen LogP contribution in [-0.4, -0.2) is 131 Å². The standard InChI is InChI=1S/C53H72N2O12.2ClH/c1-54(22-18-38-32-48(62-7)50(64-9)34-40(38)42(54)28-36-14-16-44(58-3)46(30-36)60-5)24-20-52(56)66-26-12-11-13-27-67-53(57)21-25-55(2)23-19-39-33-49(63-8)51(65-10)35-41(39)43(55)29-37-15-17-45(59-4)47(31-37)61-6;;/h14-17,30-35,42-43H,11-13,18-29H2,1-10H3;2*1H/q+2;;/p-2. The molecule has 2 heterocycles. The lowest BCUT2D eigenvalue weighted by Crippen LogP contribution is -3.00. The number of rotatable bonds is 24. The van der Waals surface area contributed by atoms with Gasteiger partial charge in [0.1, 0.15) is 12.1 Å². The maximum atomic E-state index is 13.2. The highest BCUT2D eigenvalue weighted by Crippen LogP contribution is 2.45. The molecule has 16 heteroatoms. The van der Waals surface area contributed by atoms with Crippen molar-refractivity contribution < 1.29 is 90.7 Å². The number of hydrogen-bond acceptors (Lipinski definition) is 12. The minimum Gasteiger partial charge on any atom is -1.00 e. The van der Waals surface area contributed by atoms with E-state index >= 15 is 0 Å². The Hall–Kier alpha value is -5.28. The predicted octanol–water partition coefficient (Wildman–Crippen LogP) is 2.07. The normalized spacial score (nSPS) is 19.0. The number of esters is 2. The number of nitrogens with zero attached hydrogens (tertiary/aromatic N) is 2. The van der Waals surface area contributed by atoms with E-state index < -0.39 is 0 Å². The zero-order valence-electron chi connectivity index (χ0n) is 42.1. The number of carbonyl (C=O) groups excluding carboxylic acids is 2. The van der Waals surface area contributed by atoms with Crippen molar-refractivity contribution in [2.45, 2.75) is 69.9 Å². The fraction of sp³-hybridized carbons (Fsp3) is 0.509. The summed E-state index contributed by atoms with van der Waals surface area (Å²) in [6.45, 7) is 3.57. The molecule has 0 radical (unpaired) electrons. The molecule has 4 unspecified atom stereocenters. The first kappa shape index (κ1) is 56.3. The highest BCUT2D eigenvalue weighted by atomic mass is 35.5. The summed E-state index contributed by atoms with van der Waals surface area (Å²) in [6, 6.07) is 20.5. The number of likely N-dealkylation sites (N-methyl/N-ethyl adjacent to an activating group) is 2. The highest BCUT2D eigenvalue weighted by Gasteiger charge is 2.42. The van der Waals surface area contributed by atoms with Gasteiger partial charge >= 0.3 is 11.9 Å². The second-order valence-corrected chi connectivity index (χ2v) is 18.0. The fourth-order valence-corrected chi connectivity index (χ4v) is 9.91. The lowest BCUT2D eigenvalue weighted by molar-refractivity contribution is -0.940. The molecule has 380 valence electrons. The average molecular weight is 1000 g/mol. The van der Waals surface area contributed by atoms with E-state index in [0.29, 0.717) is 107 Å². The van der Waals surface area contributed by atoms with E-state index in [1.165, 1.54) is 22.3 Å². The minimum absolute atomic E-state index is 0. The molecule has 69 heavy (non-hydrogen) atoms. The summed E-state index contributed by atoms with van der Waals surface area (Å²) in [5.41, 5.74) is 7.00. The van der Waals surface area contributed by atoms with Gasteiger partial charge in [-0.1, -0.05) is 12.1 Å². The molecule has 0 saturated heterocycles. The number of unbranched alkanes of at least 4 members (excludes halogenated alkanes) is 2. The Labute approximate surface area is 421 Å². The third-order valence-corrected chi connectivity index (χ3v) is 14.0. The summed E-state index contributed by atoms with van der Waals surface area (Å²) in [5, 5.41) is 0. The van der Waals surface area contributed by atoms with Gasteiger partial charge in [0.2, 0.25) is 0 Å². The van der Waals surface area contributed by atoms with Crippen LogP contribution in [0.1, 0.15) is 77.6 Å². The van der Waals surface area contributed by atoms with Gasteiger partial charge in [0.15, 0.2) is 46.0 Å². The average Bonchev–Trinajstić information content (AvgIpc) is 3.35. The third-order valence-electron chi connectivity index (χ3n) is 14.0. The van der Waals surface area contributed by atoms with Crippen LogP contribution in [0.3, 0.4) is 0 Å². The molecule has 0 saturated carbocycles. The van der Waals surface area contributed by atoms with Gasteiger partial charge in [-0.2, -0.15) is 0 Å². The smallest absolute Gasteiger partial charge is 0.311 e. The van der Waals surface area contributed by atoms with Crippen LogP contribution in [0, 0.1) is 0 Å². The highest BCUT2D eigenvalue weighted by molar-refractivity contribution is 5.69. The number of quaternary nitrogens is 2. The van der Waals surface area contributed by atoms with Crippen LogP contribution in [0.15, 0.2) is 60.7 Å². The quantitative estimate of drug-likeness (QED) is 0.0580. The molecule has 4 atom stereocenters. The van der Waals surface area contributed by atoms with Crippen molar-refractivity contribution >= 4 is 11.9 Å². The van der Waals surface area contributed by atoms with Crippen LogP contribution in [0.5, 0.6) is 46.0 Å². The number of fused-ring (bicyclic) bond motifs is 2. The summed E-state index contributed by atoms with van der Waals surface area (Å²) in [4.78, 5) is 26.4. The first-order valence-corrected chi connectivity index (χ1v) is 23.3. The van der Waals surface area contributed by atoms with Crippen LogP contribution < -0.4 is 62.7 Å². The molecule has 4 aromatic carbocycles. The molecule has 2 aliphatic heterocycles. The van der Waals surface area contributed by atoms with Gasteiger partial charge in [-0.3, -0.25) is 9.59 Å². The number of benzene rings is 4. The summed E-state index contributed by atoms with van der Waals surface area (Å²) < 4.78 is 57.8. The van der Waals surface area contributed by atoms with Crippen LogP contribution in [-0.2, 0) is 44.7 Å². The Morgan fingerprint density at radius 2 is 0.797 bits per heavy atom. The van der Waals surface area contributed by atoms with Crippen molar-refractivity contribution in [3.8, 4) is 46.0 Å². The molecule has 0 bridgehead atoms. The lowest BCUT2D eigenvalue weighted by Gasteiger charge is -2.46. The fourth-order valence-electron chi connectivity index (χ4n) is 9.91. The molecule has 0 aliphatic carbocycles. The van der Waals surface area contributed by atoms with E-state index in [0.717, 1.165) is 56.3 Å². The monoisotopic (exact) mass is 998 g/mol. The number of carbonyl (C=O) groups is 2. The first-order valence-electron chi connectivity index (χ1n) is 23.3. The second-order valence-electron chi connectivity index (χ2n) is 18.0. The summed E-state index contributed by atoms with van der Waals surface area (Å²) >= 11 is 0. The second kappa shape index (κ2) is 26.1. The Bertz CT molecular complexity index is 2170. The maximum Gasteiger partial charge on any atom is 0.311 e. The van der Waals surface area contributed by atoms with Gasteiger partial charge in [0, 0.05) is 36.8 Å². The third kappa shape index (κ3) is 13.5. The Morgan fingerprint density at radius 3 is 1.14 bits per heavy atom. The van der Waals surface area contributed by atoms with Crippen molar-refractivity contribution in [1.29, 1.82) is 0 Å². The summed E-state index contributed by atoms with van der Waals surface area (Å²) in [7, 11) is 17.6. The van der Waals surface area contributed by atoms with Crippen LogP contribution in [0.2, 0.25) is 0 Å². The van der Waals surface area contributed by atoms with Crippen molar-refractivity contribution in [2.24, 2.45) is 0 Å². The van der Waals surface area contributed by atoms with Crippen LogP contribution in [0.25, 0.3) is 0 Å². The lowest BCUT2D eigenvalue weighted by atomic mass is 9.86. The molecule has 6 rings (SSSR count). The zero-order chi connectivity index (χ0) is 48.1. The van der Waals surface area contributed by atoms with Crippen LogP contribution >= 0.6 is 0 Å². The molecular weight excluding hydrogens is 927 g/mol. The van der Waals surface area contributed by atoms with Gasteiger partial charge in [-0.05, 0) is 90.0 Å². The Morgan fingerprint density at radius 1 is 0.464 bits per heavy atom. The largest absolute Gasteiger partial charge is 1.00 e. The van der Waals surface area contributed by atoms with E-state index in [4.69, 9.17) is 47.4 Å². The van der Waals surface area contributed by atoms with Gasteiger partial charge < -0.3 is 81.1 Å². The number of methoxy groups -OCH3 is 8. The molecule has 0 fully saturated rings. The molecule has 14 nitrogen and oxygen atoms in total. The Kier molecular flexibility index (Phi) is 21.3. The predicted molar refractivity (Wildman–Crippen MR) is 255 cm³/mol. The summed E-state index contributed by atoms with van der Waals surface area (Å²) in [6.07, 6.45) is 5.85. The van der Waals surface area contributed by atoms with Gasteiger partial charge in [0.05, 0.1) is 123 Å². The van der Waals surface area contributed by atoms with E-state index in [2.05, 4.69) is 50.5 Å². The van der Waals surface area contributed by atoms with E-state index in [1.807, 2.05) is 24.3 Å². The molecule has 4 aromatic rings. The zero-order valence-corrected chi connectivity index (χ0v) is 43.6. The van der Waals surface area contributed by atoms with Crippen molar-refractivity contribution in [3.05, 3.63) is 94.0 Å². The minimum atomic E-state index is -0.215. The Balaban J connectivity index is 0.00000518. The van der Waals surface area contributed by atoms with Crippen molar-refractivity contribution in [3.63, 3.8) is 0 Å². The maximum absolute atomic E-state index is 13.2. The number of ether oxygens (including phenoxy) is 10. The van der Waals surface area contributed by atoms with E-state index in [9.17, 15) is 9.59 Å². The molecule has 0 spiro atoms. The molecular formula is C53H72Cl2N2O12. The van der Waals surface area contributed by atoms with Gasteiger partial charge in [-0.25, -0.2) is 0 Å². The number of halogens is 2. The van der Waals surface area contributed by atoms with Gasteiger partial charge in [0.25, 0.3) is 0 Å².